The van der Waals surface area contributed by atoms with E-state index in [-0.39, 0.29) is 6.03 Å². The highest BCUT2D eigenvalue weighted by Crippen LogP contribution is 2.21. The largest absolute Gasteiger partial charge is 0.494 e. The average Bonchev–Trinajstić information content (AvgIpc) is 2.77. The second-order valence-electron chi connectivity index (χ2n) is 6.16. The van der Waals surface area contributed by atoms with Crippen molar-refractivity contribution in [2.45, 2.75) is 13.5 Å². The van der Waals surface area contributed by atoms with Gasteiger partial charge in [-0.1, -0.05) is 30.3 Å². The second-order valence-corrected chi connectivity index (χ2v) is 6.16. The first-order valence-electron chi connectivity index (χ1n) is 9.50. The maximum atomic E-state index is 11.8. The third kappa shape index (κ3) is 6.49. The van der Waals surface area contributed by atoms with Crippen LogP contribution in [0.15, 0.2) is 66.7 Å². The molecular formula is C22H24N4O3. The van der Waals surface area contributed by atoms with Crippen molar-refractivity contribution < 1.29 is 14.3 Å². The maximum absolute atomic E-state index is 11.8. The Morgan fingerprint density at radius 1 is 0.897 bits per heavy atom. The van der Waals surface area contributed by atoms with Crippen molar-refractivity contribution in [3.63, 3.8) is 0 Å². The molecule has 7 nitrogen and oxygen atoms in total. The number of amides is 2. The SMILES string of the molecule is CCOc1ccc(-c2ccc(OCCNC(=O)NCc3ccccc3)nn2)cc1. The summed E-state index contributed by atoms with van der Waals surface area (Å²) in [6, 6.07) is 20.8. The van der Waals surface area contributed by atoms with E-state index in [1.165, 1.54) is 0 Å². The lowest BCUT2D eigenvalue weighted by atomic mass is 10.1. The molecule has 1 aromatic heterocycles. The van der Waals surface area contributed by atoms with Crippen molar-refractivity contribution in [2.24, 2.45) is 0 Å². The van der Waals surface area contributed by atoms with Gasteiger partial charge >= 0.3 is 6.03 Å². The van der Waals surface area contributed by atoms with Crippen molar-refractivity contribution in [3.8, 4) is 22.9 Å². The molecule has 3 rings (SSSR count). The van der Waals surface area contributed by atoms with Crippen LogP contribution in [-0.2, 0) is 6.54 Å². The molecule has 0 saturated heterocycles. The normalized spacial score (nSPS) is 10.2. The molecule has 2 N–H and O–H groups in total. The van der Waals surface area contributed by atoms with E-state index >= 15 is 0 Å². The second kappa shape index (κ2) is 10.7. The zero-order valence-corrected chi connectivity index (χ0v) is 16.3. The van der Waals surface area contributed by atoms with Crippen LogP contribution in [0.3, 0.4) is 0 Å². The van der Waals surface area contributed by atoms with Crippen LogP contribution in [0.1, 0.15) is 12.5 Å². The molecule has 1 heterocycles. The summed E-state index contributed by atoms with van der Waals surface area (Å²) in [6.45, 7) is 3.73. The van der Waals surface area contributed by atoms with Crippen molar-refractivity contribution in [3.05, 3.63) is 72.3 Å². The number of nitrogens with one attached hydrogen (secondary N) is 2. The molecule has 150 valence electrons. The summed E-state index contributed by atoms with van der Waals surface area (Å²) in [5.74, 6) is 1.23. The standard InChI is InChI=1S/C22H24N4O3/c1-2-28-19-10-8-18(9-11-19)20-12-13-21(26-25-20)29-15-14-23-22(27)24-16-17-6-4-3-5-7-17/h3-13H,2,14-16H2,1H3,(H2,23,24,27). The van der Waals surface area contributed by atoms with Gasteiger partial charge in [-0.05, 0) is 42.8 Å². The van der Waals surface area contributed by atoms with Crippen molar-refractivity contribution >= 4 is 6.03 Å². The summed E-state index contributed by atoms with van der Waals surface area (Å²) in [4.78, 5) is 11.8. The van der Waals surface area contributed by atoms with Crippen LogP contribution in [0.2, 0.25) is 0 Å². The molecule has 7 heteroatoms. The Labute approximate surface area is 170 Å². The fourth-order valence-electron chi connectivity index (χ4n) is 2.60. The van der Waals surface area contributed by atoms with Gasteiger partial charge in [0.25, 0.3) is 0 Å². The minimum Gasteiger partial charge on any atom is -0.494 e. The Kier molecular flexibility index (Phi) is 7.40. The molecular weight excluding hydrogens is 368 g/mol. The number of aromatic nitrogens is 2. The smallest absolute Gasteiger partial charge is 0.315 e. The number of nitrogens with zero attached hydrogens (tertiary/aromatic N) is 2. The summed E-state index contributed by atoms with van der Waals surface area (Å²) in [7, 11) is 0. The average molecular weight is 392 g/mol. The molecule has 29 heavy (non-hydrogen) atoms. The molecule has 0 unspecified atom stereocenters. The molecule has 0 bridgehead atoms. The molecule has 2 amide bonds. The minimum atomic E-state index is -0.241. The highest BCUT2D eigenvalue weighted by molar-refractivity contribution is 5.73. The molecule has 2 aromatic carbocycles. The van der Waals surface area contributed by atoms with Gasteiger partial charge in [0.05, 0.1) is 18.8 Å². The van der Waals surface area contributed by atoms with E-state index < -0.39 is 0 Å². The monoisotopic (exact) mass is 392 g/mol. The van der Waals surface area contributed by atoms with Gasteiger partial charge in [0.2, 0.25) is 5.88 Å². The highest BCUT2D eigenvalue weighted by Gasteiger charge is 2.04. The van der Waals surface area contributed by atoms with Crippen molar-refractivity contribution in [1.82, 2.24) is 20.8 Å². The Morgan fingerprint density at radius 3 is 2.38 bits per heavy atom. The third-order valence-corrected chi connectivity index (χ3v) is 4.03. The molecule has 3 aromatic rings. The summed E-state index contributed by atoms with van der Waals surface area (Å²) < 4.78 is 11.0. The number of ether oxygens (including phenoxy) is 2. The van der Waals surface area contributed by atoms with E-state index in [4.69, 9.17) is 9.47 Å². The number of urea groups is 1. The van der Waals surface area contributed by atoms with Crippen molar-refractivity contribution in [2.75, 3.05) is 19.8 Å². The van der Waals surface area contributed by atoms with Gasteiger partial charge in [-0.3, -0.25) is 0 Å². The zero-order valence-electron chi connectivity index (χ0n) is 16.3. The van der Waals surface area contributed by atoms with Gasteiger partial charge in [-0.15, -0.1) is 10.2 Å². The number of carbonyl (C=O) groups excluding carboxylic acids is 1. The Morgan fingerprint density at radius 2 is 1.69 bits per heavy atom. The van der Waals surface area contributed by atoms with Crippen LogP contribution < -0.4 is 20.1 Å². The Bertz CT molecular complexity index is 884. The summed E-state index contributed by atoms with van der Waals surface area (Å²) in [5.41, 5.74) is 2.74. The lowest BCUT2D eigenvalue weighted by Gasteiger charge is -2.09. The van der Waals surface area contributed by atoms with E-state index in [1.54, 1.807) is 6.07 Å². The summed E-state index contributed by atoms with van der Waals surface area (Å²) in [5, 5.41) is 13.8. The first-order chi connectivity index (χ1) is 14.2. The molecule has 0 saturated carbocycles. The fraction of sp³-hybridized carbons (Fsp3) is 0.227. The van der Waals surface area contributed by atoms with Crippen LogP contribution in [0.4, 0.5) is 4.79 Å². The number of rotatable bonds is 9. The third-order valence-electron chi connectivity index (χ3n) is 4.03. The van der Waals surface area contributed by atoms with Crippen LogP contribution in [0.5, 0.6) is 11.6 Å². The molecule has 0 fully saturated rings. The highest BCUT2D eigenvalue weighted by atomic mass is 16.5. The number of hydrogen-bond donors (Lipinski definition) is 2. The van der Waals surface area contributed by atoms with Crippen LogP contribution in [-0.4, -0.2) is 36.0 Å². The summed E-state index contributed by atoms with van der Waals surface area (Å²) >= 11 is 0. The van der Waals surface area contributed by atoms with Crippen LogP contribution in [0.25, 0.3) is 11.3 Å². The van der Waals surface area contributed by atoms with Gasteiger partial charge in [0.15, 0.2) is 0 Å². The molecule has 0 atom stereocenters. The molecule has 0 aliphatic carbocycles. The molecule has 0 aliphatic rings. The first-order valence-corrected chi connectivity index (χ1v) is 9.50. The van der Waals surface area contributed by atoms with E-state index in [0.717, 1.165) is 22.6 Å². The van der Waals surface area contributed by atoms with Gasteiger partial charge < -0.3 is 20.1 Å². The maximum Gasteiger partial charge on any atom is 0.315 e. The fourth-order valence-corrected chi connectivity index (χ4v) is 2.60. The van der Waals surface area contributed by atoms with E-state index in [2.05, 4.69) is 20.8 Å². The Hall–Kier alpha value is -3.61. The van der Waals surface area contributed by atoms with Crippen LogP contribution in [0, 0.1) is 0 Å². The van der Waals surface area contributed by atoms with Gasteiger partial charge in [-0.25, -0.2) is 4.79 Å². The molecule has 0 radical (unpaired) electrons. The van der Waals surface area contributed by atoms with E-state index in [0.29, 0.717) is 32.2 Å². The first kappa shape index (κ1) is 20.1. The summed E-state index contributed by atoms with van der Waals surface area (Å²) in [6.07, 6.45) is 0. The Balaban J connectivity index is 1.38. The number of benzene rings is 2. The molecule has 0 spiro atoms. The van der Waals surface area contributed by atoms with Gasteiger partial charge in [-0.2, -0.15) is 0 Å². The van der Waals surface area contributed by atoms with E-state index in [9.17, 15) is 4.79 Å². The van der Waals surface area contributed by atoms with E-state index in [1.807, 2.05) is 67.6 Å². The van der Waals surface area contributed by atoms with Gasteiger partial charge in [0, 0.05) is 18.2 Å². The zero-order chi connectivity index (χ0) is 20.3. The topological polar surface area (TPSA) is 85.4 Å². The molecule has 0 aliphatic heterocycles. The number of hydrogen-bond acceptors (Lipinski definition) is 5. The lowest BCUT2D eigenvalue weighted by molar-refractivity contribution is 0.235. The van der Waals surface area contributed by atoms with Crippen molar-refractivity contribution in [1.29, 1.82) is 0 Å². The van der Waals surface area contributed by atoms with Gasteiger partial charge in [0.1, 0.15) is 12.4 Å². The lowest BCUT2D eigenvalue weighted by Crippen LogP contribution is -2.37. The quantitative estimate of drug-likeness (QED) is 0.545. The van der Waals surface area contributed by atoms with Crippen LogP contribution >= 0.6 is 0 Å². The minimum absolute atomic E-state index is 0.241. The predicted molar refractivity (Wildman–Crippen MR) is 111 cm³/mol. The predicted octanol–water partition coefficient (Wildman–Crippen LogP) is 3.42. The number of carbonyl (C=O) groups is 1.